The Hall–Kier alpha value is -3.16. The Bertz CT molecular complexity index is 1120. The summed E-state index contributed by atoms with van der Waals surface area (Å²) in [5, 5.41) is 21.3. The lowest BCUT2D eigenvalue weighted by atomic mass is 10.1. The van der Waals surface area contributed by atoms with Crippen molar-refractivity contribution < 1.29 is 22.9 Å². The van der Waals surface area contributed by atoms with Gasteiger partial charge in [-0.3, -0.25) is 9.65 Å². The highest BCUT2D eigenvalue weighted by Gasteiger charge is 2.24. The molecule has 24 heavy (non-hydrogen) atoms. The zero-order valence-corrected chi connectivity index (χ0v) is 13.0. The molecule has 0 bridgehead atoms. The quantitative estimate of drug-likeness (QED) is 0.608. The average molecular weight is 346 g/mol. The minimum atomic E-state index is -4.30. The van der Waals surface area contributed by atoms with E-state index < -0.39 is 16.1 Å². The van der Waals surface area contributed by atoms with Crippen LogP contribution in [0.25, 0.3) is 17.0 Å². The highest BCUT2D eigenvalue weighted by molar-refractivity contribution is 7.85. The molecule has 0 saturated carbocycles. The standard InChI is InChI=1S/C14H10N4O5S/c1-7-10(6-15)11(14(19)20)13-16-12(17-18(7)13)8-2-4-9(5-3-8)24(21,22)23/h2-5H,1H3,(H,16,17)(H,19,20)(H,21,22,23). The van der Waals surface area contributed by atoms with Crippen LogP contribution < -0.4 is 0 Å². The lowest BCUT2D eigenvalue weighted by molar-refractivity contribution is 0.0698. The van der Waals surface area contributed by atoms with Crippen molar-refractivity contribution in [2.24, 2.45) is 0 Å². The molecule has 10 heteroatoms. The Labute approximate surface area is 135 Å². The summed E-state index contributed by atoms with van der Waals surface area (Å²) in [6, 6.07) is 7.09. The fraction of sp³-hybridized carbons (Fsp3) is 0.0714. The van der Waals surface area contributed by atoms with E-state index >= 15 is 0 Å². The Morgan fingerprint density at radius 1 is 1.33 bits per heavy atom. The molecule has 3 rings (SSSR count). The highest BCUT2D eigenvalue weighted by Crippen LogP contribution is 2.25. The van der Waals surface area contributed by atoms with Gasteiger partial charge in [0.2, 0.25) is 0 Å². The summed E-state index contributed by atoms with van der Waals surface area (Å²) in [6.45, 7) is 1.58. The van der Waals surface area contributed by atoms with Gasteiger partial charge in [-0.1, -0.05) is 0 Å². The van der Waals surface area contributed by atoms with Gasteiger partial charge in [0.05, 0.1) is 16.2 Å². The molecule has 3 aromatic rings. The van der Waals surface area contributed by atoms with Crippen LogP contribution >= 0.6 is 0 Å². The smallest absolute Gasteiger partial charge is 0.340 e. The molecular weight excluding hydrogens is 336 g/mol. The number of H-pyrrole nitrogens is 1. The van der Waals surface area contributed by atoms with E-state index in [-0.39, 0.29) is 21.7 Å². The fourth-order valence-corrected chi connectivity index (χ4v) is 2.89. The van der Waals surface area contributed by atoms with E-state index in [0.717, 1.165) is 0 Å². The van der Waals surface area contributed by atoms with Gasteiger partial charge in [-0.25, -0.2) is 14.3 Å². The predicted molar refractivity (Wildman–Crippen MR) is 81.2 cm³/mol. The number of fused-ring (bicyclic) bond motifs is 1. The van der Waals surface area contributed by atoms with Crippen molar-refractivity contribution >= 4 is 21.7 Å². The molecule has 2 heterocycles. The number of nitrogens with one attached hydrogen (secondary N) is 1. The molecule has 0 saturated heterocycles. The first-order valence-electron chi connectivity index (χ1n) is 6.56. The van der Waals surface area contributed by atoms with E-state index in [1.54, 1.807) is 6.92 Å². The molecule has 0 radical (unpaired) electrons. The van der Waals surface area contributed by atoms with Crippen LogP contribution in [0.4, 0.5) is 0 Å². The van der Waals surface area contributed by atoms with Gasteiger partial charge in [0.1, 0.15) is 11.6 Å². The molecule has 0 aliphatic carbocycles. The number of hydrogen-bond donors (Lipinski definition) is 3. The van der Waals surface area contributed by atoms with Crippen molar-refractivity contribution in [1.82, 2.24) is 14.6 Å². The molecule has 0 atom stereocenters. The summed E-state index contributed by atoms with van der Waals surface area (Å²) in [4.78, 5) is 15.3. The van der Waals surface area contributed by atoms with Crippen molar-refractivity contribution in [1.29, 1.82) is 5.26 Å². The number of rotatable bonds is 3. The van der Waals surface area contributed by atoms with Crippen LogP contribution in [-0.4, -0.2) is 38.6 Å². The summed E-state index contributed by atoms with van der Waals surface area (Å²) in [5.41, 5.74) is 0.797. The zero-order chi connectivity index (χ0) is 17.6. The number of carbonyl (C=O) groups is 1. The fourth-order valence-electron chi connectivity index (χ4n) is 2.41. The lowest BCUT2D eigenvalue weighted by Gasteiger charge is -1.99. The Kier molecular flexibility index (Phi) is 3.40. The highest BCUT2D eigenvalue weighted by atomic mass is 32.2. The van der Waals surface area contributed by atoms with Crippen LogP contribution in [0.3, 0.4) is 0 Å². The summed E-state index contributed by atoms with van der Waals surface area (Å²) in [6.07, 6.45) is 0. The number of aromatic nitrogens is 3. The average Bonchev–Trinajstić information content (AvgIpc) is 3.04. The molecule has 0 aliphatic heterocycles. The predicted octanol–water partition coefficient (Wildman–Crippen LogP) is 1.45. The lowest BCUT2D eigenvalue weighted by Crippen LogP contribution is -1.99. The normalized spacial score (nSPS) is 11.5. The van der Waals surface area contributed by atoms with Gasteiger partial charge >= 0.3 is 5.97 Å². The number of aromatic amines is 1. The number of nitriles is 1. The number of aryl methyl sites for hydroxylation is 1. The molecule has 0 amide bonds. The van der Waals surface area contributed by atoms with E-state index in [4.69, 9.17) is 9.81 Å². The summed E-state index contributed by atoms with van der Waals surface area (Å²) < 4.78 is 32.4. The van der Waals surface area contributed by atoms with Gasteiger partial charge in [0, 0.05) is 5.56 Å². The van der Waals surface area contributed by atoms with Gasteiger partial charge in [0.15, 0.2) is 11.5 Å². The van der Waals surface area contributed by atoms with Crippen LogP contribution in [0, 0.1) is 18.3 Å². The van der Waals surface area contributed by atoms with Crippen molar-refractivity contribution in [2.75, 3.05) is 0 Å². The number of carboxylic acid groups (broad SMARTS) is 1. The molecule has 0 spiro atoms. The van der Waals surface area contributed by atoms with Crippen molar-refractivity contribution in [2.45, 2.75) is 11.8 Å². The van der Waals surface area contributed by atoms with Crippen LogP contribution in [0.2, 0.25) is 0 Å². The maximum atomic E-state index is 11.4. The molecule has 0 fully saturated rings. The minimum absolute atomic E-state index is 0.0227. The first kappa shape index (κ1) is 15.7. The van der Waals surface area contributed by atoms with E-state index in [1.807, 2.05) is 6.07 Å². The summed E-state index contributed by atoms with van der Waals surface area (Å²) in [5.74, 6) is -0.973. The summed E-state index contributed by atoms with van der Waals surface area (Å²) >= 11 is 0. The molecule has 0 aliphatic rings. The number of aromatic carboxylic acids is 1. The van der Waals surface area contributed by atoms with Gasteiger partial charge in [-0.15, -0.1) is 0 Å². The van der Waals surface area contributed by atoms with Crippen LogP contribution in [-0.2, 0) is 10.1 Å². The molecule has 0 unspecified atom stereocenters. The molecular formula is C14H10N4O5S. The van der Waals surface area contributed by atoms with Crippen LogP contribution in [0.5, 0.6) is 0 Å². The number of carboxylic acids is 1. The topological polar surface area (TPSA) is 149 Å². The SMILES string of the molecule is Cc1c(C#N)c(C(=O)O)c2nc(-c3ccc(S(=O)(=O)O)cc3)[nH]n12. The third-order valence-corrected chi connectivity index (χ3v) is 4.44. The van der Waals surface area contributed by atoms with Gasteiger partial charge < -0.3 is 5.11 Å². The Morgan fingerprint density at radius 2 is 1.96 bits per heavy atom. The zero-order valence-electron chi connectivity index (χ0n) is 12.2. The second-order valence-electron chi connectivity index (χ2n) is 4.98. The number of hydrogen-bond acceptors (Lipinski definition) is 5. The Balaban J connectivity index is 2.18. The molecule has 9 nitrogen and oxygen atoms in total. The molecule has 1 aromatic carbocycles. The number of benzene rings is 1. The second kappa shape index (κ2) is 5.19. The number of nitrogens with zero attached hydrogens (tertiary/aromatic N) is 3. The first-order valence-corrected chi connectivity index (χ1v) is 8.00. The van der Waals surface area contributed by atoms with E-state index in [0.29, 0.717) is 17.1 Å². The van der Waals surface area contributed by atoms with Crippen molar-refractivity contribution in [3.05, 3.63) is 41.1 Å². The van der Waals surface area contributed by atoms with Crippen LogP contribution in [0.1, 0.15) is 21.6 Å². The summed E-state index contributed by atoms with van der Waals surface area (Å²) in [7, 11) is -4.30. The monoisotopic (exact) mass is 346 g/mol. The van der Waals surface area contributed by atoms with E-state index in [9.17, 15) is 18.3 Å². The second-order valence-corrected chi connectivity index (χ2v) is 6.40. The third-order valence-electron chi connectivity index (χ3n) is 3.57. The van der Waals surface area contributed by atoms with E-state index in [2.05, 4.69) is 10.1 Å². The molecule has 122 valence electrons. The van der Waals surface area contributed by atoms with Crippen LogP contribution in [0.15, 0.2) is 29.2 Å². The van der Waals surface area contributed by atoms with Gasteiger partial charge in [-0.2, -0.15) is 13.7 Å². The first-order chi connectivity index (χ1) is 11.2. The molecule has 3 N–H and O–H groups in total. The largest absolute Gasteiger partial charge is 0.478 e. The Morgan fingerprint density at radius 3 is 2.46 bits per heavy atom. The molecule has 2 aromatic heterocycles. The maximum Gasteiger partial charge on any atom is 0.340 e. The van der Waals surface area contributed by atoms with E-state index in [1.165, 1.54) is 28.8 Å². The van der Waals surface area contributed by atoms with Gasteiger partial charge in [0.25, 0.3) is 10.1 Å². The van der Waals surface area contributed by atoms with Gasteiger partial charge in [-0.05, 0) is 31.2 Å². The third kappa shape index (κ3) is 2.32. The van der Waals surface area contributed by atoms with Crippen molar-refractivity contribution in [3.63, 3.8) is 0 Å². The maximum absolute atomic E-state index is 11.4. The minimum Gasteiger partial charge on any atom is -0.478 e. The van der Waals surface area contributed by atoms with Crippen molar-refractivity contribution in [3.8, 4) is 17.5 Å².